The molecule has 3 amide bonds. The topological polar surface area (TPSA) is 84.5 Å². The molecule has 0 aliphatic heterocycles. The Bertz CT molecular complexity index is 471. The number of carbonyl (C=O) groups excluding carboxylic acids is 3. The van der Waals surface area contributed by atoms with Gasteiger partial charge in [0.2, 0.25) is 0 Å². The predicted molar refractivity (Wildman–Crippen MR) is 72.9 cm³/mol. The predicted octanol–water partition coefficient (Wildman–Crippen LogP) is 1.01. The van der Waals surface area contributed by atoms with Crippen molar-refractivity contribution in [2.45, 2.75) is 26.3 Å². The monoisotopic (exact) mass is 278 g/mol. The molecule has 0 saturated carbocycles. The lowest BCUT2D eigenvalue weighted by Gasteiger charge is -2.09. The van der Waals surface area contributed by atoms with E-state index in [4.69, 9.17) is 4.74 Å². The highest BCUT2D eigenvalue weighted by atomic mass is 16.5. The highest BCUT2D eigenvalue weighted by Crippen LogP contribution is 2.00. The molecule has 6 nitrogen and oxygen atoms in total. The second-order valence-electron chi connectivity index (χ2n) is 4.50. The molecule has 108 valence electrons. The summed E-state index contributed by atoms with van der Waals surface area (Å²) in [4.78, 5) is 34.0. The van der Waals surface area contributed by atoms with Crippen molar-refractivity contribution >= 4 is 17.9 Å². The summed E-state index contributed by atoms with van der Waals surface area (Å²) >= 11 is 0. The van der Waals surface area contributed by atoms with Gasteiger partial charge in [0, 0.05) is 6.04 Å². The molecular weight excluding hydrogens is 260 g/mol. The van der Waals surface area contributed by atoms with Gasteiger partial charge >= 0.3 is 12.0 Å². The summed E-state index contributed by atoms with van der Waals surface area (Å²) in [6.07, 6.45) is 0.0896. The van der Waals surface area contributed by atoms with Gasteiger partial charge in [0.1, 0.15) is 0 Å². The lowest BCUT2D eigenvalue weighted by Crippen LogP contribution is -2.44. The first kappa shape index (κ1) is 15.7. The van der Waals surface area contributed by atoms with E-state index in [0.717, 1.165) is 5.56 Å². The van der Waals surface area contributed by atoms with Crippen molar-refractivity contribution < 1.29 is 19.1 Å². The minimum atomic E-state index is -0.662. The van der Waals surface area contributed by atoms with Crippen LogP contribution in [-0.2, 0) is 20.7 Å². The van der Waals surface area contributed by atoms with Crippen LogP contribution in [-0.4, -0.2) is 30.6 Å². The number of rotatable bonds is 5. The molecule has 0 aliphatic carbocycles. The molecule has 0 radical (unpaired) electrons. The molecule has 6 heteroatoms. The quantitative estimate of drug-likeness (QED) is 0.787. The van der Waals surface area contributed by atoms with E-state index in [0.29, 0.717) is 0 Å². The van der Waals surface area contributed by atoms with Crippen LogP contribution in [0.15, 0.2) is 30.3 Å². The summed E-state index contributed by atoms with van der Waals surface area (Å²) in [5.74, 6) is -1.18. The third-order valence-corrected chi connectivity index (χ3v) is 2.23. The summed E-state index contributed by atoms with van der Waals surface area (Å²) in [5, 5.41) is 4.55. The maximum absolute atomic E-state index is 11.5. The van der Waals surface area contributed by atoms with Gasteiger partial charge in [-0.2, -0.15) is 0 Å². The molecule has 0 atom stereocenters. The average Bonchev–Trinajstić information content (AvgIpc) is 2.36. The summed E-state index contributed by atoms with van der Waals surface area (Å²) in [5.41, 5.74) is 0.801. The largest absolute Gasteiger partial charge is 0.455 e. The van der Waals surface area contributed by atoms with Gasteiger partial charge in [-0.3, -0.25) is 14.9 Å². The van der Waals surface area contributed by atoms with Crippen LogP contribution in [0.25, 0.3) is 0 Å². The van der Waals surface area contributed by atoms with Crippen LogP contribution in [0, 0.1) is 0 Å². The van der Waals surface area contributed by atoms with Crippen LogP contribution in [0.2, 0.25) is 0 Å². The first-order valence-electron chi connectivity index (χ1n) is 6.27. The number of esters is 1. The highest BCUT2D eigenvalue weighted by Gasteiger charge is 2.11. The molecule has 2 N–H and O–H groups in total. The van der Waals surface area contributed by atoms with Gasteiger partial charge in [0.25, 0.3) is 5.91 Å². The molecule has 1 rings (SSSR count). The van der Waals surface area contributed by atoms with Gasteiger partial charge in [-0.05, 0) is 19.4 Å². The van der Waals surface area contributed by atoms with E-state index >= 15 is 0 Å². The standard InChI is InChI=1S/C14H18N2O4/c1-10(2)15-14(19)16-12(17)9-20-13(18)8-11-6-4-3-5-7-11/h3-7,10H,8-9H2,1-2H3,(H2,15,16,17,19). The van der Waals surface area contributed by atoms with E-state index in [1.54, 1.807) is 26.0 Å². The van der Waals surface area contributed by atoms with E-state index in [1.807, 2.05) is 18.2 Å². The zero-order chi connectivity index (χ0) is 15.0. The summed E-state index contributed by atoms with van der Waals surface area (Å²) in [6.45, 7) is 3.06. The van der Waals surface area contributed by atoms with Crippen molar-refractivity contribution in [3.05, 3.63) is 35.9 Å². The fraction of sp³-hybridized carbons (Fsp3) is 0.357. The number of carbonyl (C=O) groups is 3. The molecule has 0 bridgehead atoms. The molecular formula is C14H18N2O4. The molecule has 0 unspecified atom stereocenters. The van der Waals surface area contributed by atoms with E-state index in [1.165, 1.54) is 0 Å². The normalized spacial score (nSPS) is 9.95. The van der Waals surface area contributed by atoms with Crippen molar-refractivity contribution in [1.82, 2.24) is 10.6 Å². The van der Waals surface area contributed by atoms with E-state index in [-0.39, 0.29) is 12.5 Å². The SMILES string of the molecule is CC(C)NC(=O)NC(=O)COC(=O)Cc1ccccc1. The summed E-state index contributed by atoms with van der Waals surface area (Å²) < 4.78 is 4.78. The van der Waals surface area contributed by atoms with E-state index in [2.05, 4.69) is 10.6 Å². The summed E-state index contributed by atoms with van der Waals surface area (Å²) in [7, 11) is 0. The minimum absolute atomic E-state index is 0.0802. The Labute approximate surface area is 117 Å². The third kappa shape index (κ3) is 6.53. The zero-order valence-corrected chi connectivity index (χ0v) is 11.5. The maximum atomic E-state index is 11.5. The van der Waals surface area contributed by atoms with Gasteiger partial charge in [-0.1, -0.05) is 30.3 Å². The Kier molecular flexibility index (Phi) is 6.22. The fourth-order valence-electron chi connectivity index (χ4n) is 1.42. The Hall–Kier alpha value is -2.37. The lowest BCUT2D eigenvalue weighted by molar-refractivity contribution is -0.147. The Morgan fingerprint density at radius 3 is 2.40 bits per heavy atom. The van der Waals surface area contributed by atoms with Crippen molar-refractivity contribution in [3.63, 3.8) is 0 Å². The van der Waals surface area contributed by atoms with Crippen molar-refractivity contribution in [2.24, 2.45) is 0 Å². The minimum Gasteiger partial charge on any atom is -0.455 e. The number of nitrogens with one attached hydrogen (secondary N) is 2. The molecule has 0 aliphatic rings. The molecule has 1 aromatic carbocycles. The van der Waals surface area contributed by atoms with Gasteiger partial charge in [-0.15, -0.1) is 0 Å². The van der Waals surface area contributed by atoms with Crippen LogP contribution in [0.3, 0.4) is 0 Å². The van der Waals surface area contributed by atoms with Crippen LogP contribution in [0.4, 0.5) is 4.79 Å². The average molecular weight is 278 g/mol. The number of benzene rings is 1. The second-order valence-corrected chi connectivity index (χ2v) is 4.50. The molecule has 1 aromatic rings. The number of hydrogen-bond donors (Lipinski definition) is 2. The van der Waals surface area contributed by atoms with Crippen molar-refractivity contribution in [2.75, 3.05) is 6.61 Å². The maximum Gasteiger partial charge on any atom is 0.321 e. The van der Waals surface area contributed by atoms with Crippen LogP contribution in [0.1, 0.15) is 19.4 Å². The first-order valence-corrected chi connectivity index (χ1v) is 6.27. The number of urea groups is 1. The molecule has 20 heavy (non-hydrogen) atoms. The molecule has 0 fully saturated rings. The lowest BCUT2D eigenvalue weighted by atomic mass is 10.2. The molecule has 0 heterocycles. The smallest absolute Gasteiger partial charge is 0.321 e. The van der Waals surface area contributed by atoms with Crippen molar-refractivity contribution in [3.8, 4) is 0 Å². The van der Waals surface area contributed by atoms with Gasteiger partial charge in [-0.25, -0.2) is 4.79 Å². The highest BCUT2D eigenvalue weighted by molar-refractivity contribution is 5.95. The van der Waals surface area contributed by atoms with Gasteiger partial charge < -0.3 is 10.1 Å². The number of imide groups is 1. The van der Waals surface area contributed by atoms with Crippen molar-refractivity contribution in [1.29, 1.82) is 0 Å². The van der Waals surface area contributed by atoms with Crippen LogP contribution in [0.5, 0.6) is 0 Å². The summed E-state index contributed by atoms with van der Waals surface area (Å²) in [6, 6.07) is 8.36. The second kappa shape index (κ2) is 7.93. The van der Waals surface area contributed by atoms with E-state index in [9.17, 15) is 14.4 Å². The Morgan fingerprint density at radius 1 is 1.15 bits per heavy atom. The number of hydrogen-bond acceptors (Lipinski definition) is 4. The van der Waals surface area contributed by atoms with Gasteiger partial charge in [0.15, 0.2) is 6.61 Å². The molecule has 0 aromatic heterocycles. The molecule has 0 saturated heterocycles. The van der Waals surface area contributed by atoms with Gasteiger partial charge in [0.05, 0.1) is 6.42 Å². The Balaban J connectivity index is 2.27. The van der Waals surface area contributed by atoms with Crippen LogP contribution < -0.4 is 10.6 Å². The van der Waals surface area contributed by atoms with E-state index < -0.39 is 24.5 Å². The first-order chi connectivity index (χ1) is 9.47. The third-order valence-electron chi connectivity index (χ3n) is 2.23. The van der Waals surface area contributed by atoms with Crippen LogP contribution >= 0.6 is 0 Å². The number of amides is 3. The molecule has 0 spiro atoms. The Morgan fingerprint density at radius 2 is 1.80 bits per heavy atom. The fourth-order valence-corrected chi connectivity index (χ4v) is 1.42. The zero-order valence-electron chi connectivity index (χ0n) is 11.5. The number of ether oxygens (including phenoxy) is 1.